The van der Waals surface area contributed by atoms with Crippen LogP contribution in [0.25, 0.3) is 22.0 Å². The number of aromatic nitrogens is 1. The zero-order chi connectivity index (χ0) is 16.9. The first kappa shape index (κ1) is 15.9. The summed E-state index contributed by atoms with van der Waals surface area (Å²) in [6.07, 6.45) is 8.05. The summed E-state index contributed by atoms with van der Waals surface area (Å²) in [4.78, 5) is 4.43. The molecule has 3 rings (SSSR count). The molecule has 0 saturated carbocycles. The van der Waals surface area contributed by atoms with Crippen LogP contribution in [-0.4, -0.2) is 4.98 Å². The number of allylic oxidation sites excluding steroid dienone is 5. The number of rotatable bonds is 4. The Morgan fingerprint density at radius 1 is 0.958 bits per heavy atom. The summed E-state index contributed by atoms with van der Waals surface area (Å²) in [6, 6.07) is 18.8. The van der Waals surface area contributed by atoms with Gasteiger partial charge in [-0.25, -0.2) is 0 Å². The second-order valence-corrected chi connectivity index (χ2v) is 5.92. The van der Waals surface area contributed by atoms with Gasteiger partial charge in [0.05, 0.1) is 5.52 Å². The van der Waals surface area contributed by atoms with Gasteiger partial charge in [-0.2, -0.15) is 0 Å². The Morgan fingerprint density at radius 2 is 1.71 bits per heavy atom. The Hall–Kier alpha value is -2.93. The molecule has 1 heteroatoms. The predicted molar refractivity (Wildman–Crippen MR) is 105 cm³/mol. The zero-order valence-electron chi connectivity index (χ0n) is 14.2. The topological polar surface area (TPSA) is 12.9 Å². The van der Waals surface area contributed by atoms with Gasteiger partial charge in [0.25, 0.3) is 0 Å². The standard InChI is InChI=1S/C23H21N/c1-4-19(20-12-9-17(2)10-13-20)14-11-18(3)21-15-16-24-23-8-6-5-7-22(21)23/h4-16H,1H2,2-3H3/b18-11+,19-14+. The van der Waals surface area contributed by atoms with Crippen LogP contribution in [0.5, 0.6) is 0 Å². The lowest BCUT2D eigenvalue weighted by atomic mass is 10.00. The molecule has 0 radical (unpaired) electrons. The first-order valence-corrected chi connectivity index (χ1v) is 8.11. The SMILES string of the molecule is C=C/C(=C\C=C(/C)c1ccnc2ccccc12)c1ccc(C)cc1. The fraction of sp³-hybridized carbons (Fsp3) is 0.0870. The van der Waals surface area contributed by atoms with E-state index in [9.17, 15) is 0 Å². The van der Waals surface area contributed by atoms with E-state index >= 15 is 0 Å². The third-order valence-electron chi connectivity index (χ3n) is 4.19. The minimum atomic E-state index is 1.02. The van der Waals surface area contributed by atoms with Crippen molar-refractivity contribution in [3.63, 3.8) is 0 Å². The maximum Gasteiger partial charge on any atom is 0.0708 e. The number of hydrogen-bond acceptors (Lipinski definition) is 1. The zero-order valence-corrected chi connectivity index (χ0v) is 14.2. The molecule has 0 fully saturated rings. The highest BCUT2D eigenvalue weighted by molar-refractivity contribution is 5.91. The van der Waals surface area contributed by atoms with Gasteiger partial charge in [0.2, 0.25) is 0 Å². The molecule has 0 aliphatic carbocycles. The second kappa shape index (κ2) is 7.10. The Bertz CT molecular complexity index is 922. The molecule has 0 amide bonds. The van der Waals surface area contributed by atoms with Crippen LogP contribution in [0, 0.1) is 6.92 Å². The molecule has 0 spiro atoms. The minimum Gasteiger partial charge on any atom is -0.256 e. The smallest absolute Gasteiger partial charge is 0.0708 e. The molecule has 1 aromatic heterocycles. The van der Waals surface area contributed by atoms with Crippen LogP contribution in [0.4, 0.5) is 0 Å². The lowest BCUT2D eigenvalue weighted by Crippen LogP contribution is -1.86. The maximum atomic E-state index is 4.43. The molecule has 0 aliphatic rings. The molecule has 0 bridgehead atoms. The summed E-state index contributed by atoms with van der Waals surface area (Å²) in [5.41, 5.74) is 7.00. The molecule has 1 nitrogen and oxygen atoms in total. The van der Waals surface area contributed by atoms with Crippen LogP contribution in [-0.2, 0) is 0 Å². The number of benzene rings is 2. The van der Waals surface area contributed by atoms with Crippen molar-refractivity contribution in [2.75, 3.05) is 0 Å². The lowest BCUT2D eigenvalue weighted by molar-refractivity contribution is 1.40. The number of aryl methyl sites for hydroxylation is 1. The molecule has 24 heavy (non-hydrogen) atoms. The van der Waals surface area contributed by atoms with E-state index in [2.05, 4.69) is 80.0 Å². The Balaban J connectivity index is 1.99. The van der Waals surface area contributed by atoms with Gasteiger partial charge in [-0.3, -0.25) is 4.98 Å². The minimum absolute atomic E-state index is 1.02. The van der Waals surface area contributed by atoms with E-state index in [0.29, 0.717) is 0 Å². The average Bonchev–Trinajstić information content (AvgIpc) is 2.63. The summed E-state index contributed by atoms with van der Waals surface area (Å²) in [6.45, 7) is 8.18. The van der Waals surface area contributed by atoms with Crippen LogP contribution in [0.3, 0.4) is 0 Å². The molecular formula is C23H21N. The Kier molecular flexibility index (Phi) is 4.72. The largest absolute Gasteiger partial charge is 0.256 e. The summed E-state index contributed by atoms with van der Waals surface area (Å²) < 4.78 is 0. The fourth-order valence-corrected chi connectivity index (χ4v) is 2.77. The Labute approximate surface area is 143 Å². The van der Waals surface area contributed by atoms with E-state index in [0.717, 1.165) is 11.1 Å². The van der Waals surface area contributed by atoms with Crippen molar-refractivity contribution < 1.29 is 0 Å². The molecule has 118 valence electrons. The van der Waals surface area contributed by atoms with Gasteiger partial charge in [-0.05, 0) is 48.3 Å². The third kappa shape index (κ3) is 3.36. The van der Waals surface area contributed by atoms with Crippen LogP contribution in [0.2, 0.25) is 0 Å². The van der Waals surface area contributed by atoms with E-state index in [1.807, 2.05) is 24.4 Å². The number of nitrogens with zero attached hydrogens (tertiary/aromatic N) is 1. The molecule has 0 atom stereocenters. The summed E-state index contributed by atoms with van der Waals surface area (Å²) >= 11 is 0. The predicted octanol–water partition coefficient (Wildman–Crippen LogP) is 6.22. The highest BCUT2D eigenvalue weighted by Crippen LogP contribution is 2.24. The van der Waals surface area contributed by atoms with Crippen LogP contribution >= 0.6 is 0 Å². The van der Waals surface area contributed by atoms with Crippen LogP contribution < -0.4 is 0 Å². The van der Waals surface area contributed by atoms with E-state index in [1.165, 1.54) is 27.6 Å². The molecule has 3 aromatic rings. The second-order valence-electron chi connectivity index (χ2n) is 5.92. The van der Waals surface area contributed by atoms with Gasteiger partial charge < -0.3 is 0 Å². The van der Waals surface area contributed by atoms with Crippen molar-refractivity contribution in [2.24, 2.45) is 0 Å². The molecule has 2 aromatic carbocycles. The van der Waals surface area contributed by atoms with Gasteiger partial charge in [0, 0.05) is 11.6 Å². The number of pyridine rings is 1. The first-order chi connectivity index (χ1) is 11.7. The highest BCUT2D eigenvalue weighted by atomic mass is 14.6. The monoisotopic (exact) mass is 311 g/mol. The van der Waals surface area contributed by atoms with Gasteiger partial charge in [0.1, 0.15) is 0 Å². The third-order valence-corrected chi connectivity index (χ3v) is 4.19. The van der Waals surface area contributed by atoms with Gasteiger partial charge in [0.15, 0.2) is 0 Å². The highest BCUT2D eigenvalue weighted by Gasteiger charge is 2.03. The van der Waals surface area contributed by atoms with Crippen molar-refractivity contribution in [1.82, 2.24) is 4.98 Å². The van der Waals surface area contributed by atoms with Crippen molar-refractivity contribution in [3.8, 4) is 0 Å². The summed E-state index contributed by atoms with van der Waals surface area (Å²) in [7, 11) is 0. The van der Waals surface area contributed by atoms with E-state index < -0.39 is 0 Å². The molecule has 0 N–H and O–H groups in total. The van der Waals surface area contributed by atoms with Gasteiger partial charge in [-0.1, -0.05) is 72.8 Å². The van der Waals surface area contributed by atoms with Gasteiger partial charge in [-0.15, -0.1) is 0 Å². The summed E-state index contributed by atoms with van der Waals surface area (Å²) in [5.74, 6) is 0. The van der Waals surface area contributed by atoms with Crippen molar-refractivity contribution >= 4 is 22.0 Å². The Morgan fingerprint density at radius 3 is 2.46 bits per heavy atom. The van der Waals surface area contributed by atoms with Crippen molar-refractivity contribution in [2.45, 2.75) is 13.8 Å². The van der Waals surface area contributed by atoms with E-state index in [-0.39, 0.29) is 0 Å². The number of fused-ring (bicyclic) bond motifs is 1. The maximum absolute atomic E-state index is 4.43. The van der Waals surface area contributed by atoms with Crippen molar-refractivity contribution in [3.05, 3.63) is 102 Å². The van der Waals surface area contributed by atoms with E-state index in [4.69, 9.17) is 0 Å². The van der Waals surface area contributed by atoms with E-state index in [1.54, 1.807) is 0 Å². The number of hydrogen-bond donors (Lipinski definition) is 0. The molecule has 0 unspecified atom stereocenters. The van der Waals surface area contributed by atoms with Crippen LogP contribution in [0.15, 0.2) is 85.6 Å². The number of para-hydroxylation sites is 1. The van der Waals surface area contributed by atoms with Gasteiger partial charge >= 0.3 is 0 Å². The molecule has 0 saturated heterocycles. The van der Waals surface area contributed by atoms with Crippen LogP contribution in [0.1, 0.15) is 23.6 Å². The van der Waals surface area contributed by atoms with Crippen molar-refractivity contribution in [1.29, 1.82) is 0 Å². The lowest BCUT2D eigenvalue weighted by Gasteiger charge is -2.06. The quantitative estimate of drug-likeness (QED) is 0.521. The fourth-order valence-electron chi connectivity index (χ4n) is 2.77. The summed E-state index contributed by atoms with van der Waals surface area (Å²) in [5, 5.41) is 1.18. The molecular weight excluding hydrogens is 290 g/mol. The average molecular weight is 311 g/mol. The normalized spacial score (nSPS) is 12.4. The first-order valence-electron chi connectivity index (χ1n) is 8.11. The molecule has 0 aliphatic heterocycles. The molecule has 1 heterocycles.